The van der Waals surface area contributed by atoms with Crippen molar-refractivity contribution in [1.82, 2.24) is 0 Å². The molecule has 132 valence electrons. The third-order valence-corrected chi connectivity index (χ3v) is 5.63. The molecule has 25 heavy (non-hydrogen) atoms. The molecule has 4 rings (SSSR count). The van der Waals surface area contributed by atoms with Gasteiger partial charge in [-0.3, -0.25) is 0 Å². The van der Waals surface area contributed by atoms with Crippen LogP contribution in [0.2, 0.25) is 0 Å². The second-order valence-electron chi connectivity index (χ2n) is 7.18. The molecule has 1 unspecified atom stereocenters. The summed E-state index contributed by atoms with van der Waals surface area (Å²) >= 11 is 0. The van der Waals surface area contributed by atoms with E-state index in [2.05, 4.69) is 18.2 Å². The summed E-state index contributed by atoms with van der Waals surface area (Å²) in [4.78, 5) is 1.48. The van der Waals surface area contributed by atoms with Crippen molar-refractivity contribution in [2.45, 2.75) is 38.8 Å². The standard InChI is InChI=1S/C21H25NO3/c1-24-20-10-16-6-7-22(12-17(16)11-21(20)25-2)13-18-8-14-4-3-5-15(14)9-19(18)23/h8-11,23H,3-7,12-13H2,1-2H3/p+1. The quantitative estimate of drug-likeness (QED) is 0.895. The molecule has 1 aliphatic carbocycles. The molecule has 2 N–H and O–H groups in total. The van der Waals surface area contributed by atoms with Gasteiger partial charge in [0.1, 0.15) is 18.8 Å². The van der Waals surface area contributed by atoms with Crippen molar-refractivity contribution >= 4 is 0 Å². The van der Waals surface area contributed by atoms with E-state index in [1.165, 1.54) is 33.6 Å². The van der Waals surface area contributed by atoms with Gasteiger partial charge in [-0.2, -0.15) is 0 Å². The van der Waals surface area contributed by atoms with Gasteiger partial charge in [-0.05, 0) is 60.2 Å². The molecule has 2 aliphatic rings. The topological polar surface area (TPSA) is 43.1 Å². The molecular weight excluding hydrogens is 314 g/mol. The molecular formula is C21H26NO3+. The first-order chi connectivity index (χ1) is 12.2. The zero-order valence-corrected chi connectivity index (χ0v) is 15.0. The highest BCUT2D eigenvalue weighted by atomic mass is 16.5. The molecule has 1 heterocycles. The monoisotopic (exact) mass is 340 g/mol. The number of phenols is 1. The minimum atomic E-state index is 0.464. The van der Waals surface area contributed by atoms with Crippen LogP contribution in [0, 0.1) is 0 Å². The van der Waals surface area contributed by atoms with Crippen LogP contribution in [0.5, 0.6) is 17.2 Å². The second kappa shape index (κ2) is 6.60. The maximum Gasteiger partial charge on any atom is 0.161 e. The molecule has 0 bridgehead atoms. The fraction of sp³-hybridized carbons (Fsp3) is 0.429. The number of fused-ring (bicyclic) bond motifs is 2. The summed E-state index contributed by atoms with van der Waals surface area (Å²) in [7, 11) is 3.36. The van der Waals surface area contributed by atoms with E-state index in [0.717, 1.165) is 56.0 Å². The number of hydrogen-bond donors (Lipinski definition) is 2. The number of ether oxygens (including phenoxy) is 2. The molecule has 0 fully saturated rings. The van der Waals surface area contributed by atoms with E-state index in [1.807, 2.05) is 6.07 Å². The number of hydrogen-bond acceptors (Lipinski definition) is 3. The number of nitrogens with one attached hydrogen (secondary N) is 1. The van der Waals surface area contributed by atoms with Crippen molar-refractivity contribution in [3.05, 3.63) is 52.1 Å². The summed E-state index contributed by atoms with van der Waals surface area (Å²) in [6.07, 6.45) is 4.49. The number of benzene rings is 2. The highest BCUT2D eigenvalue weighted by molar-refractivity contribution is 5.48. The van der Waals surface area contributed by atoms with Gasteiger partial charge in [-0.1, -0.05) is 0 Å². The van der Waals surface area contributed by atoms with Gasteiger partial charge in [-0.25, -0.2) is 0 Å². The molecule has 2 aromatic carbocycles. The van der Waals surface area contributed by atoms with Crippen molar-refractivity contribution in [1.29, 1.82) is 0 Å². The van der Waals surface area contributed by atoms with Gasteiger partial charge in [0.2, 0.25) is 0 Å². The fourth-order valence-corrected chi connectivity index (χ4v) is 4.25. The molecule has 1 atom stereocenters. The summed E-state index contributed by atoms with van der Waals surface area (Å²) in [6.45, 7) is 2.89. The highest BCUT2D eigenvalue weighted by Gasteiger charge is 2.24. The fourth-order valence-electron chi connectivity index (χ4n) is 4.25. The summed E-state index contributed by atoms with van der Waals surface area (Å²) in [5.41, 5.74) is 6.51. The lowest BCUT2D eigenvalue weighted by molar-refractivity contribution is -0.929. The molecule has 4 nitrogen and oxygen atoms in total. The maximum atomic E-state index is 10.4. The lowest BCUT2D eigenvalue weighted by Crippen LogP contribution is -3.10. The molecule has 0 saturated heterocycles. The first kappa shape index (κ1) is 16.3. The zero-order valence-electron chi connectivity index (χ0n) is 15.0. The van der Waals surface area contributed by atoms with E-state index >= 15 is 0 Å². The lowest BCUT2D eigenvalue weighted by atomic mass is 9.97. The van der Waals surface area contributed by atoms with Crippen molar-refractivity contribution in [3.8, 4) is 17.2 Å². The Bertz CT molecular complexity index is 800. The molecule has 2 aromatic rings. The molecule has 0 saturated carbocycles. The first-order valence-electron chi connectivity index (χ1n) is 9.09. The number of aryl methyl sites for hydroxylation is 2. The van der Waals surface area contributed by atoms with E-state index in [-0.39, 0.29) is 0 Å². The number of methoxy groups -OCH3 is 2. The molecule has 0 amide bonds. The predicted molar refractivity (Wildman–Crippen MR) is 96.6 cm³/mol. The SMILES string of the molecule is COc1cc2c(cc1OC)C[NH+](Cc1cc3c(cc1O)CCC3)CC2. The largest absolute Gasteiger partial charge is 0.507 e. The van der Waals surface area contributed by atoms with Crippen molar-refractivity contribution in [2.24, 2.45) is 0 Å². The Morgan fingerprint density at radius 1 is 0.880 bits per heavy atom. The van der Waals surface area contributed by atoms with Crippen molar-refractivity contribution in [3.63, 3.8) is 0 Å². The zero-order chi connectivity index (χ0) is 17.4. The van der Waals surface area contributed by atoms with Gasteiger partial charge in [0.25, 0.3) is 0 Å². The van der Waals surface area contributed by atoms with E-state index < -0.39 is 0 Å². The van der Waals surface area contributed by atoms with Crippen LogP contribution in [0.1, 0.15) is 34.2 Å². The summed E-state index contributed by atoms with van der Waals surface area (Å²) in [6, 6.07) is 8.44. The van der Waals surface area contributed by atoms with Gasteiger partial charge < -0.3 is 19.5 Å². The van der Waals surface area contributed by atoms with Crippen molar-refractivity contribution in [2.75, 3.05) is 20.8 Å². The average molecular weight is 340 g/mol. The number of rotatable bonds is 4. The van der Waals surface area contributed by atoms with Crippen LogP contribution < -0.4 is 14.4 Å². The minimum Gasteiger partial charge on any atom is -0.507 e. The summed E-state index contributed by atoms with van der Waals surface area (Å²) in [5.74, 6) is 2.06. The van der Waals surface area contributed by atoms with Gasteiger partial charge in [0.05, 0.1) is 20.8 Å². The van der Waals surface area contributed by atoms with E-state index in [9.17, 15) is 5.11 Å². The Labute approximate surface area is 149 Å². The van der Waals surface area contributed by atoms with Crippen LogP contribution in [0.3, 0.4) is 0 Å². The Balaban J connectivity index is 1.55. The smallest absolute Gasteiger partial charge is 0.161 e. The Hall–Kier alpha value is -2.20. The van der Waals surface area contributed by atoms with E-state index in [4.69, 9.17) is 9.47 Å². The van der Waals surface area contributed by atoms with Gasteiger partial charge in [0, 0.05) is 17.5 Å². The predicted octanol–water partition coefficient (Wildman–Crippen LogP) is 2.04. The van der Waals surface area contributed by atoms with Crippen LogP contribution in [0.4, 0.5) is 0 Å². The van der Waals surface area contributed by atoms with E-state index in [1.54, 1.807) is 14.2 Å². The third-order valence-electron chi connectivity index (χ3n) is 5.63. The molecule has 4 heteroatoms. The Kier molecular flexibility index (Phi) is 4.30. The molecule has 1 aliphatic heterocycles. The van der Waals surface area contributed by atoms with Gasteiger partial charge >= 0.3 is 0 Å². The maximum absolute atomic E-state index is 10.4. The molecule has 0 spiro atoms. The number of aromatic hydroxyl groups is 1. The Morgan fingerprint density at radius 2 is 1.52 bits per heavy atom. The second-order valence-corrected chi connectivity index (χ2v) is 7.18. The number of phenolic OH excluding ortho intramolecular Hbond substituents is 1. The first-order valence-corrected chi connectivity index (χ1v) is 9.09. The Morgan fingerprint density at radius 3 is 2.24 bits per heavy atom. The van der Waals surface area contributed by atoms with Crippen molar-refractivity contribution < 1.29 is 19.5 Å². The highest BCUT2D eigenvalue weighted by Crippen LogP contribution is 2.32. The average Bonchev–Trinajstić information content (AvgIpc) is 3.07. The minimum absolute atomic E-state index is 0.464. The van der Waals surface area contributed by atoms with Crippen LogP contribution in [0.25, 0.3) is 0 Å². The van der Waals surface area contributed by atoms with Gasteiger partial charge in [-0.15, -0.1) is 0 Å². The molecule has 0 radical (unpaired) electrons. The van der Waals surface area contributed by atoms with E-state index in [0.29, 0.717) is 5.75 Å². The number of quaternary nitrogens is 1. The van der Waals surface area contributed by atoms with Crippen LogP contribution in [-0.4, -0.2) is 25.9 Å². The summed E-state index contributed by atoms with van der Waals surface area (Å²) in [5, 5.41) is 10.4. The normalized spacial score (nSPS) is 18.6. The summed E-state index contributed by atoms with van der Waals surface area (Å²) < 4.78 is 10.9. The van der Waals surface area contributed by atoms with Crippen LogP contribution in [-0.2, 0) is 32.4 Å². The van der Waals surface area contributed by atoms with Gasteiger partial charge in [0.15, 0.2) is 11.5 Å². The van der Waals surface area contributed by atoms with Crippen LogP contribution in [0.15, 0.2) is 24.3 Å². The lowest BCUT2D eigenvalue weighted by Gasteiger charge is -2.27. The third kappa shape index (κ3) is 3.07. The van der Waals surface area contributed by atoms with Crippen LogP contribution >= 0.6 is 0 Å². The molecule has 0 aromatic heterocycles.